The lowest BCUT2D eigenvalue weighted by Crippen LogP contribution is -2.42. The Kier molecular flexibility index (Phi) is 2.44. The number of amides is 2. The van der Waals surface area contributed by atoms with Crippen LogP contribution in [0.25, 0.3) is 0 Å². The molecule has 1 aliphatic carbocycles. The molecule has 0 bridgehead atoms. The molecule has 1 saturated carbocycles. The number of nitrogens with two attached hydrogens (primary N) is 1. The van der Waals surface area contributed by atoms with Crippen LogP contribution >= 0.6 is 0 Å². The van der Waals surface area contributed by atoms with Gasteiger partial charge in [0.2, 0.25) is 11.8 Å². The SMILES string of the molecule is NC(=O)CN1C(=O)CC2CCCCC21. The fourth-order valence-electron chi connectivity index (χ4n) is 2.74. The van der Waals surface area contributed by atoms with Crippen LogP contribution in [0.15, 0.2) is 0 Å². The third-order valence-corrected chi connectivity index (χ3v) is 3.35. The van der Waals surface area contributed by atoms with Gasteiger partial charge in [-0.2, -0.15) is 0 Å². The normalized spacial score (nSPS) is 31.7. The zero-order chi connectivity index (χ0) is 10.1. The number of nitrogens with zero attached hydrogens (tertiary/aromatic N) is 1. The van der Waals surface area contributed by atoms with Crippen LogP contribution in [0.3, 0.4) is 0 Å². The average molecular weight is 196 g/mol. The Hall–Kier alpha value is -1.06. The predicted octanol–water partition coefficient (Wildman–Crippen LogP) is 0.263. The first kappa shape index (κ1) is 9.49. The number of fused-ring (bicyclic) bond motifs is 1. The van der Waals surface area contributed by atoms with E-state index in [1.165, 1.54) is 12.8 Å². The summed E-state index contributed by atoms with van der Waals surface area (Å²) < 4.78 is 0. The predicted molar refractivity (Wildman–Crippen MR) is 51.3 cm³/mol. The molecule has 0 aromatic carbocycles. The molecule has 2 atom stereocenters. The number of rotatable bonds is 2. The van der Waals surface area contributed by atoms with Crippen molar-refractivity contribution in [1.29, 1.82) is 0 Å². The maximum atomic E-state index is 11.6. The molecule has 4 heteroatoms. The number of hydrogen-bond donors (Lipinski definition) is 1. The lowest BCUT2D eigenvalue weighted by atomic mass is 9.85. The van der Waals surface area contributed by atoms with Gasteiger partial charge in [-0.25, -0.2) is 0 Å². The van der Waals surface area contributed by atoms with E-state index in [-0.39, 0.29) is 12.5 Å². The van der Waals surface area contributed by atoms with Crippen molar-refractivity contribution >= 4 is 11.8 Å². The van der Waals surface area contributed by atoms with Crippen molar-refractivity contribution in [3.63, 3.8) is 0 Å². The van der Waals surface area contributed by atoms with Gasteiger partial charge in [0.1, 0.15) is 0 Å². The Morgan fingerprint density at radius 2 is 2.14 bits per heavy atom. The van der Waals surface area contributed by atoms with Gasteiger partial charge in [-0.3, -0.25) is 9.59 Å². The van der Waals surface area contributed by atoms with E-state index in [9.17, 15) is 9.59 Å². The van der Waals surface area contributed by atoms with E-state index in [1.807, 2.05) is 0 Å². The lowest BCUT2D eigenvalue weighted by molar-refractivity contribution is -0.133. The van der Waals surface area contributed by atoms with E-state index in [4.69, 9.17) is 5.73 Å². The first-order chi connectivity index (χ1) is 6.68. The first-order valence-electron chi connectivity index (χ1n) is 5.26. The summed E-state index contributed by atoms with van der Waals surface area (Å²) in [6, 6.07) is 0.295. The highest BCUT2D eigenvalue weighted by atomic mass is 16.2. The quantitative estimate of drug-likeness (QED) is 0.688. The number of hydrogen-bond acceptors (Lipinski definition) is 2. The van der Waals surface area contributed by atoms with E-state index >= 15 is 0 Å². The average Bonchev–Trinajstić information content (AvgIpc) is 2.43. The topological polar surface area (TPSA) is 63.4 Å². The highest BCUT2D eigenvalue weighted by Crippen LogP contribution is 2.36. The van der Waals surface area contributed by atoms with Gasteiger partial charge in [0.15, 0.2) is 0 Å². The van der Waals surface area contributed by atoms with E-state index in [0.717, 1.165) is 12.8 Å². The highest BCUT2D eigenvalue weighted by Gasteiger charge is 2.40. The van der Waals surface area contributed by atoms with Crippen molar-refractivity contribution in [3.8, 4) is 0 Å². The number of carbonyl (C=O) groups excluding carboxylic acids is 2. The number of primary amides is 1. The van der Waals surface area contributed by atoms with Crippen molar-refractivity contribution in [2.24, 2.45) is 11.7 Å². The van der Waals surface area contributed by atoms with Crippen molar-refractivity contribution in [1.82, 2.24) is 4.90 Å². The second-order valence-electron chi connectivity index (χ2n) is 4.30. The second-order valence-corrected chi connectivity index (χ2v) is 4.30. The summed E-state index contributed by atoms with van der Waals surface area (Å²) in [7, 11) is 0. The molecule has 2 fully saturated rings. The maximum absolute atomic E-state index is 11.6. The van der Waals surface area contributed by atoms with Crippen LogP contribution in [0.5, 0.6) is 0 Å². The summed E-state index contributed by atoms with van der Waals surface area (Å²) in [6.07, 6.45) is 5.19. The lowest BCUT2D eigenvalue weighted by Gasteiger charge is -2.30. The molecule has 1 aliphatic heterocycles. The Morgan fingerprint density at radius 1 is 1.43 bits per heavy atom. The molecule has 14 heavy (non-hydrogen) atoms. The number of likely N-dealkylation sites (tertiary alicyclic amines) is 1. The van der Waals surface area contributed by atoms with Gasteiger partial charge in [-0.15, -0.1) is 0 Å². The number of carbonyl (C=O) groups is 2. The molecule has 2 amide bonds. The van der Waals surface area contributed by atoms with E-state index in [0.29, 0.717) is 18.4 Å². The molecule has 2 rings (SSSR count). The minimum Gasteiger partial charge on any atom is -0.368 e. The highest BCUT2D eigenvalue weighted by molar-refractivity contribution is 5.85. The minimum absolute atomic E-state index is 0.111. The first-order valence-corrected chi connectivity index (χ1v) is 5.26. The van der Waals surface area contributed by atoms with Gasteiger partial charge in [-0.1, -0.05) is 12.8 Å². The third kappa shape index (κ3) is 1.61. The van der Waals surface area contributed by atoms with Crippen LogP contribution in [-0.2, 0) is 9.59 Å². The van der Waals surface area contributed by atoms with E-state index in [1.54, 1.807) is 4.90 Å². The summed E-state index contributed by atoms with van der Waals surface area (Å²) in [5, 5.41) is 0. The van der Waals surface area contributed by atoms with Crippen LogP contribution in [0.4, 0.5) is 0 Å². The minimum atomic E-state index is -0.399. The van der Waals surface area contributed by atoms with E-state index < -0.39 is 5.91 Å². The van der Waals surface area contributed by atoms with Crippen LogP contribution < -0.4 is 5.73 Å². The summed E-state index contributed by atoms with van der Waals surface area (Å²) in [5.74, 6) is 0.195. The summed E-state index contributed by atoms with van der Waals surface area (Å²) >= 11 is 0. The molecule has 4 nitrogen and oxygen atoms in total. The Bertz CT molecular complexity index is 265. The maximum Gasteiger partial charge on any atom is 0.237 e. The molecule has 2 unspecified atom stereocenters. The summed E-state index contributed by atoms with van der Waals surface area (Å²) in [4.78, 5) is 24.1. The monoisotopic (exact) mass is 196 g/mol. The molecular formula is C10H16N2O2. The van der Waals surface area contributed by atoms with Gasteiger partial charge in [0, 0.05) is 12.5 Å². The molecule has 2 N–H and O–H groups in total. The molecular weight excluding hydrogens is 180 g/mol. The van der Waals surface area contributed by atoms with Crippen molar-refractivity contribution in [2.75, 3.05) is 6.54 Å². The fourth-order valence-corrected chi connectivity index (χ4v) is 2.74. The van der Waals surface area contributed by atoms with Crippen LogP contribution in [-0.4, -0.2) is 29.3 Å². The van der Waals surface area contributed by atoms with E-state index in [2.05, 4.69) is 0 Å². The van der Waals surface area contributed by atoms with Crippen molar-refractivity contribution < 1.29 is 9.59 Å². The molecule has 2 aliphatic rings. The van der Waals surface area contributed by atoms with Gasteiger partial charge in [0.05, 0.1) is 6.54 Å². The van der Waals surface area contributed by atoms with Crippen LogP contribution in [0.2, 0.25) is 0 Å². The standard InChI is InChI=1S/C10H16N2O2/c11-9(13)6-12-8-4-2-1-3-7(8)5-10(12)14/h7-8H,1-6H2,(H2,11,13). The molecule has 0 aromatic rings. The van der Waals surface area contributed by atoms with Gasteiger partial charge in [-0.05, 0) is 18.8 Å². The molecule has 0 spiro atoms. The smallest absolute Gasteiger partial charge is 0.237 e. The second kappa shape index (κ2) is 3.59. The molecule has 0 radical (unpaired) electrons. The van der Waals surface area contributed by atoms with Crippen molar-refractivity contribution in [3.05, 3.63) is 0 Å². The Morgan fingerprint density at radius 3 is 2.86 bits per heavy atom. The zero-order valence-corrected chi connectivity index (χ0v) is 8.24. The van der Waals surface area contributed by atoms with Crippen molar-refractivity contribution in [2.45, 2.75) is 38.1 Å². The molecule has 0 aromatic heterocycles. The summed E-state index contributed by atoms with van der Waals surface area (Å²) in [5.41, 5.74) is 5.12. The van der Waals surface area contributed by atoms with Gasteiger partial charge >= 0.3 is 0 Å². The largest absolute Gasteiger partial charge is 0.368 e. The van der Waals surface area contributed by atoms with Crippen LogP contribution in [0.1, 0.15) is 32.1 Å². The Labute approximate surface area is 83.4 Å². The Balaban J connectivity index is 2.07. The molecule has 78 valence electrons. The molecule has 1 heterocycles. The van der Waals surface area contributed by atoms with Crippen LogP contribution in [0, 0.1) is 5.92 Å². The fraction of sp³-hybridized carbons (Fsp3) is 0.800. The zero-order valence-electron chi connectivity index (χ0n) is 8.24. The van der Waals surface area contributed by atoms with Gasteiger partial charge < -0.3 is 10.6 Å². The van der Waals surface area contributed by atoms with Gasteiger partial charge in [0.25, 0.3) is 0 Å². The third-order valence-electron chi connectivity index (χ3n) is 3.35. The summed E-state index contributed by atoms with van der Waals surface area (Å²) in [6.45, 7) is 0.111. The molecule has 1 saturated heterocycles.